The van der Waals surface area contributed by atoms with Gasteiger partial charge < -0.3 is 9.88 Å². The smallest absolute Gasteiger partial charge is 0.229 e. The van der Waals surface area contributed by atoms with Crippen LogP contribution in [0, 0.1) is 5.41 Å². The molecule has 1 amide bonds. The van der Waals surface area contributed by atoms with E-state index in [4.69, 9.17) is 0 Å². The van der Waals surface area contributed by atoms with Crippen LogP contribution in [-0.2, 0) is 11.8 Å². The Balaban J connectivity index is 2.02. The summed E-state index contributed by atoms with van der Waals surface area (Å²) in [5.41, 5.74) is 3.61. The maximum absolute atomic E-state index is 13.4. The highest BCUT2D eigenvalue weighted by molar-refractivity contribution is 6.05. The molecule has 4 nitrogen and oxygen atoms in total. The summed E-state index contributed by atoms with van der Waals surface area (Å²) in [7, 11) is 1.97. The molecule has 4 rings (SSSR count). The molecule has 0 fully saturated rings. The number of pyridine rings is 1. The summed E-state index contributed by atoms with van der Waals surface area (Å²) in [4.78, 5) is 26.0. The lowest BCUT2D eigenvalue weighted by Crippen LogP contribution is -2.27. The number of carbonyl (C=O) groups excluding carboxylic acids is 1. The van der Waals surface area contributed by atoms with Crippen molar-refractivity contribution >= 4 is 33.4 Å². The van der Waals surface area contributed by atoms with Crippen molar-refractivity contribution in [3.05, 3.63) is 77.0 Å². The Morgan fingerprint density at radius 2 is 1.45 bits per heavy atom. The molecule has 4 aromatic rings. The minimum atomic E-state index is -0.516. The number of amides is 1. The number of nitrogens with one attached hydrogen (secondary N) is 1. The summed E-state index contributed by atoms with van der Waals surface area (Å²) in [5, 5.41) is 4.38. The summed E-state index contributed by atoms with van der Waals surface area (Å²) in [6.45, 7) is 5.64. The van der Waals surface area contributed by atoms with Gasteiger partial charge in [-0.2, -0.15) is 0 Å². The number of hydrogen-bond acceptors (Lipinski definition) is 2. The monoisotopic (exact) mass is 384 g/mol. The van der Waals surface area contributed by atoms with Gasteiger partial charge in [-0.3, -0.25) is 9.59 Å². The van der Waals surface area contributed by atoms with Crippen LogP contribution >= 0.6 is 0 Å². The first-order chi connectivity index (χ1) is 13.8. The zero-order chi connectivity index (χ0) is 20.8. The number of carbonyl (C=O) groups is 1. The molecule has 146 valence electrons. The van der Waals surface area contributed by atoms with E-state index >= 15 is 0 Å². The van der Waals surface area contributed by atoms with Gasteiger partial charge in [0, 0.05) is 29.1 Å². The van der Waals surface area contributed by atoms with E-state index in [1.165, 1.54) is 0 Å². The van der Waals surface area contributed by atoms with Crippen LogP contribution in [0.15, 0.2) is 71.5 Å². The van der Waals surface area contributed by atoms with Crippen LogP contribution in [0.25, 0.3) is 32.9 Å². The van der Waals surface area contributed by atoms with Gasteiger partial charge in [-0.15, -0.1) is 0 Å². The van der Waals surface area contributed by atoms with Crippen LogP contribution in [0.5, 0.6) is 0 Å². The quantitative estimate of drug-likeness (QED) is 0.474. The Kier molecular flexibility index (Phi) is 4.50. The molecule has 0 aliphatic carbocycles. The topological polar surface area (TPSA) is 51.1 Å². The van der Waals surface area contributed by atoms with E-state index in [1.54, 1.807) is 0 Å². The van der Waals surface area contributed by atoms with Crippen molar-refractivity contribution in [1.29, 1.82) is 0 Å². The highest BCUT2D eigenvalue weighted by atomic mass is 16.2. The molecule has 0 aliphatic heterocycles. The van der Waals surface area contributed by atoms with E-state index in [2.05, 4.69) is 5.32 Å². The third-order valence-corrected chi connectivity index (χ3v) is 5.29. The molecule has 0 atom stereocenters. The van der Waals surface area contributed by atoms with Crippen molar-refractivity contribution in [2.75, 3.05) is 5.32 Å². The fraction of sp³-hybridized carbons (Fsp3) is 0.200. The average molecular weight is 384 g/mol. The minimum absolute atomic E-state index is 0.00116. The van der Waals surface area contributed by atoms with Gasteiger partial charge >= 0.3 is 0 Å². The normalized spacial score (nSPS) is 11.7. The van der Waals surface area contributed by atoms with Crippen LogP contribution in [0.4, 0.5) is 5.69 Å². The zero-order valence-electron chi connectivity index (χ0n) is 17.1. The Morgan fingerprint density at radius 3 is 2.21 bits per heavy atom. The molecule has 0 unspecified atom stereocenters. The molecule has 0 saturated carbocycles. The van der Waals surface area contributed by atoms with E-state index in [1.807, 2.05) is 99.1 Å². The van der Waals surface area contributed by atoms with Crippen LogP contribution < -0.4 is 10.7 Å². The molecule has 1 N–H and O–H groups in total. The van der Waals surface area contributed by atoms with Crippen LogP contribution in [-0.4, -0.2) is 10.5 Å². The fourth-order valence-corrected chi connectivity index (χ4v) is 3.64. The summed E-state index contributed by atoms with van der Waals surface area (Å²) in [5.74, 6) is -0.0662. The van der Waals surface area contributed by atoms with Gasteiger partial charge in [-0.1, -0.05) is 63.2 Å². The number of anilines is 1. The van der Waals surface area contributed by atoms with Crippen LogP contribution in [0.1, 0.15) is 20.8 Å². The molecule has 0 bridgehead atoms. The number of fused-ring (bicyclic) bond motifs is 2. The van der Waals surface area contributed by atoms with Gasteiger partial charge in [0.2, 0.25) is 5.91 Å². The molecule has 1 aromatic heterocycles. The number of aromatic nitrogens is 1. The van der Waals surface area contributed by atoms with E-state index in [9.17, 15) is 9.59 Å². The average Bonchev–Trinajstić information content (AvgIpc) is 2.71. The number of rotatable bonds is 2. The third-order valence-electron chi connectivity index (χ3n) is 5.29. The molecule has 3 aromatic carbocycles. The molecule has 0 spiro atoms. The largest absolute Gasteiger partial charge is 0.343 e. The van der Waals surface area contributed by atoms with Crippen LogP contribution in [0.2, 0.25) is 0 Å². The summed E-state index contributed by atoms with van der Waals surface area (Å²) < 4.78 is 2.05. The first kappa shape index (κ1) is 18.9. The first-order valence-electron chi connectivity index (χ1n) is 9.70. The van der Waals surface area contributed by atoms with E-state index in [0.717, 1.165) is 22.2 Å². The van der Waals surface area contributed by atoms with Crippen LogP contribution in [0.3, 0.4) is 0 Å². The van der Waals surface area contributed by atoms with Crippen molar-refractivity contribution in [2.45, 2.75) is 20.8 Å². The number of nitrogens with zero attached hydrogens (tertiary/aromatic N) is 1. The third kappa shape index (κ3) is 3.21. The van der Waals surface area contributed by atoms with Gasteiger partial charge in [-0.25, -0.2) is 0 Å². The Morgan fingerprint density at radius 1 is 0.828 bits per heavy atom. The number of benzene rings is 3. The first-order valence-corrected chi connectivity index (χ1v) is 9.70. The highest BCUT2D eigenvalue weighted by Gasteiger charge is 2.23. The van der Waals surface area contributed by atoms with Gasteiger partial charge in [0.05, 0.1) is 16.4 Å². The summed E-state index contributed by atoms with van der Waals surface area (Å²) in [6.07, 6.45) is 0. The van der Waals surface area contributed by atoms with E-state index in [-0.39, 0.29) is 11.3 Å². The standard InChI is InChI=1S/C25H24N2O2/c1-25(2,3)24(29)26-19-13-7-5-10-16(19)17-12-9-15-21-22(17)23(28)18-11-6-8-14-20(18)27(21)4/h5-15H,1-4H3,(H,26,29). The lowest BCUT2D eigenvalue weighted by atomic mass is 9.94. The van der Waals surface area contributed by atoms with Crippen molar-refractivity contribution in [1.82, 2.24) is 4.57 Å². The molecule has 0 radical (unpaired) electrons. The van der Waals surface area contributed by atoms with Gasteiger partial charge in [0.1, 0.15) is 0 Å². The van der Waals surface area contributed by atoms with Gasteiger partial charge in [0.15, 0.2) is 5.43 Å². The second-order valence-corrected chi connectivity index (χ2v) is 8.35. The Hall–Kier alpha value is -3.40. The van der Waals surface area contributed by atoms with Crippen molar-refractivity contribution in [3.63, 3.8) is 0 Å². The van der Waals surface area contributed by atoms with Gasteiger partial charge in [-0.05, 0) is 29.8 Å². The second kappa shape index (κ2) is 6.89. The fourth-order valence-electron chi connectivity index (χ4n) is 3.64. The summed E-state index contributed by atoms with van der Waals surface area (Å²) in [6, 6.07) is 21.1. The molecule has 29 heavy (non-hydrogen) atoms. The second-order valence-electron chi connectivity index (χ2n) is 8.35. The number of aryl methyl sites for hydroxylation is 1. The van der Waals surface area contributed by atoms with Crippen molar-refractivity contribution < 1.29 is 4.79 Å². The van der Waals surface area contributed by atoms with Gasteiger partial charge in [0.25, 0.3) is 0 Å². The molecule has 4 heteroatoms. The molecule has 0 aliphatic rings. The SMILES string of the molecule is Cn1c2ccccc2c(=O)c2c(-c3ccccc3NC(=O)C(C)(C)C)cccc21. The van der Waals surface area contributed by atoms with Crippen molar-refractivity contribution in [3.8, 4) is 11.1 Å². The lowest BCUT2D eigenvalue weighted by Gasteiger charge is -2.20. The Bertz CT molecular complexity index is 1310. The molecular formula is C25H24N2O2. The predicted molar refractivity (Wildman–Crippen MR) is 120 cm³/mol. The molecular weight excluding hydrogens is 360 g/mol. The predicted octanol–water partition coefficient (Wildman–Crippen LogP) is 5.34. The molecule has 0 saturated heterocycles. The number of para-hydroxylation sites is 2. The van der Waals surface area contributed by atoms with E-state index in [0.29, 0.717) is 16.5 Å². The van der Waals surface area contributed by atoms with Crippen molar-refractivity contribution in [2.24, 2.45) is 12.5 Å². The Labute approximate surface area is 169 Å². The number of hydrogen-bond donors (Lipinski definition) is 1. The maximum atomic E-state index is 13.4. The highest BCUT2D eigenvalue weighted by Crippen LogP contribution is 2.34. The maximum Gasteiger partial charge on any atom is 0.229 e. The molecule has 1 heterocycles. The minimum Gasteiger partial charge on any atom is -0.343 e. The van der Waals surface area contributed by atoms with E-state index < -0.39 is 5.41 Å². The summed E-state index contributed by atoms with van der Waals surface area (Å²) >= 11 is 0. The lowest BCUT2D eigenvalue weighted by molar-refractivity contribution is -0.123. The zero-order valence-corrected chi connectivity index (χ0v) is 17.1.